The first-order chi connectivity index (χ1) is 48.0. The molecule has 0 aliphatic rings. The van der Waals surface area contributed by atoms with Crippen LogP contribution >= 0.6 is 0 Å². The van der Waals surface area contributed by atoms with Gasteiger partial charge in [-0.15, -0.1) is 0 Å². The zero-order valence-corrected chi connectivity index (χ0v) is 64.6. The van der Waals surface area contributed by atoms with E-state index < -0.39 is 46.4 Å². The van der Waals surface area contributed by atoms with Crippen LogP contribution in [0.25, 0.3) is 0 Å². The Morgan fingerprint density at radius 3 is 0.871 bits per heavy atom. The summed E-state index contributed by atoms with van der Waals surface area (Å²) in [6.07, 6.45) is 11.2. The molecule has 3 rings (SSSR count). The fraction of sp³-hybridized carbons (Fsp3) is 0.561. The van der Waals surface area contributed by atoms with E-state index in [1.54, 1.807) is 88.8 Å². The average molecular weight is 1470 g/mol. The highest BCUT2D eigenvalue weighted by molar-refractivity contribution is 7.83. The fourth-order valence-corrected chi connectivity index (χ4v) is 3.02. The zero-order valence-electron chi connectivity index (χ0n) is 63.0. The van der Waals surface area contributed by atoms with Gasteiger partial charge in [0.25, 0.3) is 0 Å². The van der Waals surface area contributed by atoms with Crippen molar-refractivity contribution in [2.75, 3.05) is 131 Å². The van der Waals surface area contributed by atoms with E-state index in [4.69, 9.17) is 56.3 Å². The molecule has 3 aromatic rings. The van der Waals surface area contributed by atoms with Crippen LogP contribution in [0.2, 0.25) is 0 Å². The summed E-state index contributed by atoms with van der Waals surface area (Å²) in [6.45, 7) is 16.7. The number of nitrogens with zero attached hydrogens (tertiary/aromatic N) is 10. The summed E-state index contributed by atoms with van der Waals surface area (Å²) in [5.74, 6) is 1.17. The second-order valence-corrected chi connectivity index (χ2v) is 18.3. The van der Waals surface area contributed by atoms with Crippen molar-refractivity contribution in [1.29, 1.82) is 42.1 Å². The molecular weight excluding hydrogens is 1360 g/mol. The van der Waals surface area contributed by atoms with Crippen LogP contribution in [0.15, 0.2) is 86.8 Å². The van der Waals surface area contributed by atoms with E-state index in [2.05, 4.69) is 50.9 Å². The number of hydrogen-bond donors (Lipinski definition) is 1. The maximum Gasteiger partial charge on any atom is 0.518 e. The van der Waals surface area contributed by atoms with E-state index in [9.17, 15) is 42.0 Å². The van der Waals surface area contributed by atoms with Gasteiger partial charge in [-0.2, -0.15) is 46.3 Å². The van der Waals surface area contributed by atoms with Crippen molar-refractivity contribution < 1.29 is 97.0 Å². The molecule has 0 saturated heterocycles. The zero-order chi connectivity index (χ0) is 81.4. The highest BCUT2D eigenvalue weighted by Crippen LogP contribution is 2.06. The van der Waals surface area contributed by atoms with E-state index in [-0.39, 0.29) is 5.91 Å². The molecule has 101 heavy (non-hydrogen) atoms. The minimum Gasteiger partial charge on any atom is -0.497 e. The lowest BCUT2D eigenvalue weighted by atomic mass is 10.2. The third-order valence-electron chi connectivity index (χ3n) is 6.99. The quantitative estimate of drug-likeness (QED) is 0.0567. The van der Waals surface area contributed by atoms with Crippen LogP contribution in [0.5, 0.6) is 11.5 Å². The van der Waals surface area contributed by atoms with Crippen LogP contribution in [0, 0.1) is 90.6 Å². The molecule has 1 N–H and O–H groups in total. The third kappa shape index (κ3) is 215. The number of methoxy groups -OCH3 is 5. The summed E-state index contributed by atoms with van der Waals surface area (Å²) >= 11 is -1.53. The molecule has 1 heterocycles. The number of nitriles is 8. The van der Waals surface area contributed by atoms with Crippen LogP contribution in [0.1, 0.15) is 120 Å². The van der Waals surface area contributed by atoms with Crippen molar-refractivity contribution in [2.45, 2.75) is 120 Å². The number of amides is 3. The van der Waals surface area contributed by atoms with Gasteiger partial charge in [-0.25, -0.2) is 19.2 Å². The molecule has 0 atom stereocenters. The Kier molecular flexibility index (Phi) is 159. The van der Waals surface area contributed by atoms with E-state index in [1.807, 2.05) is 124 Å². The van der Waals surface area contributed by atoms with Crippen molar-refractivity contribution >= 4 is 59.4 Å². The summed E-state index contributed by atoms with van der Waals surface area (Å²) in [7, 11) is 17.5. The van der Waals surface area contributed by atoms with Gasteiger partial charge < -0.3 is 66.6 Å². The lowest BCUT2D eigenvalue weighted by molar-refractivity contribution is -0.118. The number of para-hydroxylation sites is 2. The van der Waals surface area contributed by atoms with Gasteiger partial charge in [0.05, 0.1) is 118 Å². The topological polar surface area (TPSA) is 490 Å². The molecule has 0 spiro atoms. The monoisotopic (exact) mass is 1470 g/mol. The molecule has 3 amide bonds. The van der Waals surface area contributed by atoms with Gasteiger partial charge in [0.15, 0.2) is 0 Å². The van der Waals surface area contributed by atoms with Gasteiger partial charge in [0.1, 0.15) is 24.0 Å². The van der Waals surface area contributed by atoms with E-state index >= 15 is 0 Å². The van der Waals surface area contributed by atoms with Crippen LogP contribution in [0.4, 0.5) is 14.4 Å². The largest absolute Gasteiger partial charge is 0.518 e. The normalized spacial score (nSPS) is 7.49. The molecule has 0 fully saturated rings. The number of ether oxygens (including phenoxy) is 9. The van der Waals surface area contributed by atoms with Crippen molar-refractivity contribution in [3.63, 3.8) is 0 Å². The van der Waals surface area contributed by atoms with Crippen molar-refractivity contribution in [2.24, 2.45) is 0 Å². The number of carbonyl (C=O) groups is 6. The van der Waals surface area contributed by atoms with Crippen molar-refractivity contribution in [1.82, 2.24) is 15.1 Å². The summed E-state index contributed by atoms with van der Waals surface area (Å²) in [5.41, 5.74) is 0. The van der Waals surface area contributed by atoms with Gasteiger partial charge in [-0.1, -0.05) is 43.3 Å². The number of nitrogens with one attached hydrogen (secondary N) is 1. The molecule has 33 nitrogen and oxygen atoms in total. The molecule has 574 valence electrons. The molecule has 0 bridgehead atoms. The Bertz CT molecular complexity index is 2500. The smallest absolute Gasteiger partial charge is 0.497 e. The van der Waals surface area contributed by atoms with Gasteiger partial charge in [0.2, 0.25) is 18.7 Å². The molecule has 0 radical (unpaired) electrons. The molecule has 1 aromatic heterocycles. The minimum absolute atomic E-state index is 0.00463. The Balaban J connectivity index is -0.0000000667. The SMILES string of the molecule is CC#N.CCC#N.CCOC(=O)OC.CCOC(=O)OCC.CCOCC.CN(C)C=O.CN(C)C=O.CNC(C)=O.COC(=O)OC.COS(=O)OC.COc1ccccc1.COc1ccccc1.CS(C)=O.N#CCCC#N.N#CCCCC#N.N#CCCCCC#N.O=c1occo1. The third-order valence-corrected chi connectivity index (χ3v) is 7.54. The van der Waals surface area contributed by atoms with Gasteiger partial charge in [0, 0.05) is 131 Å². The van der Waals surface area contributed by atoms with Crippen molar-refractivity contribution in [3.05, 3.63) is 83.8 Å². The number of carbonyl (C=O) groups excluding carboxylic acids is 6. The Morgan fingerprint density at radius 2 is 0.752 bits per heavy atom. The lowest BCUT2D eigenvalue weighted by Crippen LogP contribution is -2.11. The van der Waals surface area contributed by atoms with Crippen LogP contribution in [-0.2, 0) is 78.1 Å². The maximum atomic E-state index is 10.2. The maximum absolute atomic E-state index is 10.2. The molecule has 2 aromatic carbocycles. The second kappa shape index (κ2) is 130. The summed E-state index contributed by atoms with van der Waals surface area (Å²) < 4.78 is 76.0. The molecule has 0 aliphatic carbocycles. The summed E-state index contributed by atoms with van der Waals surface area (Å²) in [5, 5.41) is 64.9. The van der Waals surface area contributed by atoms with E-state index in [0.29, 0.717) is 71.2 Å². The Hall–Kier alpha value is -10.6. The Labute approximate surface area is 605 Å². The van der Waals surface area contributed by atoms with Crippen LogP contribution in [0.3, 0.4) is 0 Å². The number of hydrogen-bond acceptors (Lipinski definition) is 30. The molecule has 0 unspecified atom stereocenters. The van der Waals surface area contributed by atoms with Crippen molar-refractivity contribution in [3.8, 4) is 60.1 Å². The first-order valence-electron chi connectivity index (χ1n) is 29.5. The van der Waals surface area contributed by atoms with Gasteiger partial charge in [-0.05, 0) is 78.1 Å². The highest BCUT2D eigenvalue weighted by atomic mass is 32.2. The summed E-state index contributed by atoms with van der Waals surface area (Å²) in [4.78, 5) is 71.1. The average Bonchev–Trinajstić information content (AvgIpc) is 1.81. The second-order valence-electron chi connectivity index (χ2n) is 15.7. The minimum atomic E-state index is -1.53. The highest BCUT2D eigenvalue weighted by Gasteiger charge is 1.96. The molecule has 35 heteroatoms. The lowest BCUT2D eigenvalue weighted by Gasteiger charge is -1.98. The standard InChI is InChI=1S/2C7H8O.C6H8N2.C5H6N2.C5H10O3.C4H4N2.C4H8O3.C4H10O.3C3H7NO.C3H5N.C3H2O3.C3H6O3.C2H3N.C2H6O3S.C2H6OS/c2*1-8-7-5-3-2-4-6-7;7-5-3-1-2-4-6-8;6-4-2-1-3-5-7;1-3-7-5(6)8-4-2;5-3-1-2-4-6;1-3-7-4(5)6-2;1-3-5-4-2;2*1-4(2)3-5;1-3(5)4-2;1-2-3-4;4-3-5-1-2-6-3;1-5-3(4)6-2;1-2-3;1-4-6(3)5-2;1-4(2)3/h2*2-6H,1H3;1-4H2;1-3H2;3-4H2,1-2H3;1-2H2;3H2,1-2H3;3-4H2,1-2H3;2*3H,1-2H3;1-2H3,(H,4,5);2H2,1H3;1-2H;1-2H3;1H3;1-2H3;1-2H3. The van der Waals surface area contributed by atoms with Crippen LogP contribution < -0.4 is 20.6 Å². The summed E-state index contributed by atoms with van der Waals surface area (Å²) in [6, 6.07) is 34.7. The van der Waals surface area contributed by atoms with Gasteiger partial charge >= 0.3 is 35.6 Å². The Morgan fingerprint density at radius 1 is 0.495 bits per heavy atom. The molecular formula is C66H111N11O22S2. The van der Waals surface area contributed by atoms with Crippen LogP contribution in [-0.4, -0.2) is 186 Å². The van der Waals surface area contributed by atoms with E-state index in [0.717, 1.165) is 50.4 Å². The van der Waals surface area contributed by atoms with Gasteiger partial charge in [-0.3, -0.25) is 27.0 Å². The number of unbranched alkanes of at least 4 members (excludes halogenated alkanes) is 6. The molecule has 0 aliphatic heterocycles. The predicted molar refractivity (Wildman–Crippen MR) is 381 cm³/mol. The predicted octanol–water partition coefficient (Wildman–Crippen LogP) is 11.1. The number of benzene rings is 2. The fourth-order valence-electron chi connectivity index (χ4n) is 2.88. The number of rotatable bonds is 17. The molecule has 0 saturated carbocycles. The van der Waals surface area contributed by atoms with E-state index in [1.165, 1.54) is 71.7 Å². The first-order valence-corrected chi connectivity index (χ1v) is 32.5. The first kappa shape index (κ1) is 124.